The Bertz CT molecular complexity index is 1210. The minimum atomic E-state index is -0.594. The Balaban J connectivity index is 1.59. The minimum absolute atomic E-state index is 0.163. The molecular formula is C25H26N2O2. The molecule has 0 radical (unpaired) electrons. The zero-order valence-electron chi connectivity index (χ0n) is 17.3. The summed E-state index contributed by atoms with van der Waals surface area (Å²) in [5.74, 6) is 0.582. The van der Waals surface area contributed by atoms with Gasteiger partial charge in [0.05, 0.1) is 0 Å². The molecule has 1 heterocycles. The minimum Gasteiger partial charge on any atom is -0.481 e. The van der Waals surface area contributed by atoms with Crippen LogP contribution in [-0.2, 0) is 11.3 Å². The second-order valence-electron chi connectivity index (χ2n) is 7.51. The molecule has 0 aliphatic carbocycles. The van der Waals surface area contributed by atoms with Crippen molar-refractivity contribution < 1.29 is 9.53 Å². The lowest BCUT2D eigenvalue weighted by molar-refractivity contribution is -0.122. The highest BCUT2D eigenvalue weighted by atomic mass is 16.5. The predicted molar refractivity (Wildman–Crippen MR) is 120 cm³/mol. The molecule has 29 heavy (non-hydrogen) atoms. The molecule has 4 nitrogen and oxygen atoms in total. The van der Waals surface area contributed by atoms with Crippen molar-refractivity contribution in [1.29, 1.82) is 0 Å². The average molecular weight is 386 g/mol. The van der Waals surface area contributed by atoms with Crippen molar-refractivity contribution in [3.8, 4) is 5.75 Å². The molecule has 1 atom stereocenters. The lowest BCUT2D eigenvalue weighted by atomic mass is 10.1. The number of rotatable bonds is 5. The molecule has 3 aromatic carbocycles. The van der Waals surface area contributed by atoms with Crippen molar-refractivity contribution in [2.24, 2.45) is 0 Å². The van der Waals surface area contributed by atoms with Gasteiger partial charge in [0.25, 0.3) is 5.91 Å². The molecule has 0 aliphatic rings. The van der Waals surface area contributed by atoms with Crippen LogP contribution in [0, 0.1) is 13.8 Å². The highest BCUT2D eigenvalue weighted by Crippen LogP contribution is 2.31. The van der Waals surface area contributed by atoms with Gasteiger partial charge in [0.15, 0.2) is 6.10 Å². The number of anilines is 1. The number of fused-ring (bicyclic) bond motifs is 3. The van der Waals surface area contributed by atoms with E-state index in [4.69, 9.17) is 4.74 Å². The molecule has 148 valence electrons. The molecular weight excluding hydrogens is 360 g/mol. The normalized spacial score (nSPS) is 12.3. The first-order valence-electron chi connectivity index (χ1n) is 10.0. The van der Waals surface area contributed by atoms with Gasteiger partial charge in [0.2, 0.25) is 0 Å². The number of nitrogens with one attached hydrogen (secondary N) is 1. The van der Waals surface area contributed by atoms with E-state index in [1.54, 1.807) is 6.92 Å². The van der Waals surface area contributed by atoms with Gasteiger partial charge in [-0.15, -0.1) is 0 Å². The summed E-state index contributed by atoms with van der Waals surface area (Å²) in [5.41, 5.74) is 5.28. The number of carbonyl (C=O) groups is 1. The van der Waals surface area contributed by atoms with Crippen LogP contribution >= 0.6 is 0 Å². The molecule has 1 amide bonds. The summed E-state index contributed by atoms with van der Waals surface area (Å²) in [6, 6.07) is 20.5. The van der Waals surface area contributed by atoms with Crippen LogP contribution in [0.25, 0.3) is 21.8 Å². The molecule has 0 spiro atoms. The molecule has 0 aliphatic heterocycles. The van der Waals surface area contributed by atoms with E-state index < -0.39 is 6.10 Å². The summed E-state index contributed by atoms with van der Waals surface area (Å²) in [7, 11) is 0. The molecule has 0 saturated carbocycles. The van der Waals surface area contributed by atoms with Crippen molar-refractivity contribution in [1.82, 2.24) is 4.57 Å². The van der Waals surface area contributed by atoms with E-state index in [-0.39, 0.29) is 5.91 Å². The Hall–Kier alpha value is -3.27. The number of para-hydroxylation sites is 1. The lowest BCUT2D eigenvalue weighted by Gasteiger charge is -2.17. The van der Waals surface area contributed by atoms with Crippen LogP contribution in [0.3, 0.4) is 0 Å². The summed E-state index contributed by atoms with van der Waals surface area (Å²) in [6.45, 7) is 8.82. The van der Waals surface area contributed by atoms with Gasteiger partial charge < -0.3 is 14.6 Å². The highest BCUT2D eigenvalue weighted by molar-refractivity contribution is 6.10. The van der Waals surface area contributed by atoms with Crippen molar-refractivity contribution in [3.05, 3.63) is 71.8 Å². The van der Waals surface area contributed by atoms with E-state index in [1.165, 1.54) is 16.4 Å². The van der Waals surface area contributed by atoms with Crippen LogP contribution in [0.4, 0.5) is 5.69 Å². The molecule has 4 rings (SSSR count). The summed E-state index contributed by atoms with van der Waals surface area (Å²) in [5, 5.41) is 5.34. The Morgan fingerprint density at radius 3 is 2.55 bits per heavy atom. The van der Waals surface area contributed by atoms with Gasteiger partial charge in [-0.2, -0.15) is 0 Å². The maximum absolute atomic E-state index is 12.7. The second-order valence-corrected chi connectivity index (χ2v) is 7.51. The predicted octanol–water partition coefficient (Wildman–Crippen LogP) is 5.84. The number of ether oxygens (including phenoxy) is 1. The molecule has 0 bridgehead atoms. The van der Waals surface area contributed by atoms with E-state index in [2.05, 4.69) is 41.1 Å². The van der Waals surface area contributed by atoms with Crippen LogP contribution < -0.4 is 10.1 Å². The van der Waals surface area contributed by atoms with Gasteiger partial charge in [-0.1, -0.05) is 30.3 Å². The third-order valence-corrected chi connectivity index (χ3v) is 5.37. The van der Waals surface area contributed by atoms with Crippen molar-refractivity contribution in [2.75, 3.05) is 5.32 Å². The summed E-state index contributed by atoms with van der Waals surface area (Å²) in [4.78, 5) is 12.7. The maximum Gasteiger partial charge on any atom is 0.265 e. The highest BCUT2D eigenvalue weighted by Gasteiger charge is 2.17. The van der Waals surface area contributed by atoms with E-state index in [9.17, 15) is 4.79 Å². The summed E-state index contributed by atoms with van der Waals surface area (Å²) >= 11 is 0. The Morgan fingerprint density at radius 2 is 1.76 bits per heavy atom. The summed E-state index contributed by atoms with van der Waals surface area (Å²) in [6.07, 6.45) is -0.594. The molecule has 0 fully saturated rings. The molecule has 1 N–H and O–H groups in total. The van der Waals surface area contributed by atoms with Crippen LogP contribution in [0.2, 0.25) is 0 Å². The topological polar surface area (TPSA) is 43.3 Å². The first-order chi connectivity index (χ1) is 14.0. The molecule has 4 aromatic rings. The van der Waals surface area contributed by atoms with E-state index in [0.29, 0.717) is 0 Å². The van der Waals surface area contributed by atoms with Gasteiger partial charge in [0, 0.05) is 34.0 Å². The Morgan fingerprint density at radius 1 is 1.00 bits per heavy atom. The smallest absolute Gasteiger partial charge is 0.265 e. The lowest BCUT2D eigenvalue weighted by Crippen LogP contribution is -2.30. The monoisotopic (exact) mass is 386 g/mol. The van der Waals surface area contributed by atoms with Gasteiger partial charge in [-0.25, -0.2) is 0 Å². The SMILES string of the molecule is CCn1c2ccccc2c2cc(NC(=O)[C@@H](C)Oc3cc(C)ccc3C)ccc21. The standard InChI is InChI=1S/C25H26N2O2/c1-5-27-22-9-7-6-8-20(22)21-15-19(12-13-23(21)27)26-25(28)18(4)29-24-14-16(2)10-11-17(24)3/h6-15,18H,5H2,1-4H3,(H,26,28)/t18-/m1/s1. The van der Waals surface area contributed by atoms with Crippen molar-refractivity contribution in [2.45, 2.75) is 40.3 Å². The average Bonchev–Trinajstić information content (AvgIpc) is 3.03. The molecule has 1 aromatic heterocycles. The first kappa shape index (κ1) is 19.1. The van der Waals surface area contributed by atoms with E-state index in [0.717, 1.165) is 34.5 Å². The van der Waals surface area contributed by atoms with Gasteiger partial charge in [-0.3, -0.25) is 4.79 Å². The number of nitrogens with zero attached hydrogens (tertiary/aromatic N) is 1. The number of hydrogen-bond acceptors (Lipinski definition) is 2. The Labute approximate surface area is 171 Å². The van der Waals surface area contributed by atoms with Crippen LogP contribution in [0.5, 0.6) is 5.75 Å². The van der Waals surface area contributed by atoms with Crippen molar-refractivity contribution in [3.63, 3.8) is 0 Å². The zero-order chi connectivity index (χ0) is 20.5. The largest absolute Gasteiger partial charge is 0.481 e. The maximum atomic E-state index is 12.7. The van der Waals surface area contributed by atoms with Gasteiger partial charge in [0.1, 0.15) is 5.75 Å². The zero-order valence-corrected chi connectivity index (χ0v) is 17.3. The number of benzene rings is 3. The second kappa shape index (κ2) is 7.63. The van der Waals surface area contributed by atoms with E-state index >= 15 is 0 Å². The quantitative estimate of drug-likeness (QED) is 0.468. The number of amides is 1. The van der Waals surface area contributed by atoms with E-state index in [1.807, 2.05) is 50.2 Å². The van der Waals surface area contributed by atoms with Crippen LogP contribution in [0.15, 0.2) is 60.7 Å². The fourth-order valence-electron chi connectivity index (χ4n) is 3.79. The molecule has 0 unspecified atom stereocenters. The van der Waals surface area contributed by atoms with Crippen LogP contribution in [0.1, 0.15) is 25.0 Å². The molecule has 0 saturated heterocycles. The van der Waals surface area contributed by atoms with Crippen molar-refractivity contribution >= 4 is 33.4 Å². The van der Waals surface area contributed by atoms with Crippen LogP contribution in [-0.4, -0.2) is 16.6 Å². The third kappa shape index (κ3) is 3.58. The van der Waals surface area contributed by atoms with Gasteiger partial charge >= 0.3 is 0 Å². The van der Waals surface area contributed by atoms with Gasteiger partial charge in [-0.05, 0) is 69.2 Å². The molecule has 4 heteroatoms. The third-order valence-electron chi connectivity index (χ3n) is 5.37. The number of carbonyl (C=O) groups excluding carboxylic acids is 1. The summed E-state index contributed by atoms with van der Waals surface area (Å²) < 4.78 is 8.22. The Kier molecular flexibility index (Phi) is 5.01. The number of aryl methyl sites for hydroxylation is 3. The first-order valence-corrected chi connectivity index (χ1v) is 10.0. The fraction of sp³-hybridized carbons (Fsp3) is 0.240. The number of hydrogen-bond donors (Lipinski definition) is 1. The fourth-order valence-corrected chi connectivity index (χ4v) is 3.79. The number of aromatic nitrogens is 1.